The van der Waals surface area contributed by atoms with Gasteiger partial charge in [0.15, 0.2) is 5.79 Å². The Hall–Kier alpha value is -1.14. The van der Waals surface area contributed by atoms with Crippen LogP contribution in [0.15, 0.2) is 0 Å². The van der Waals surface area contributed by atoms with Crippen molar-refractivity contribution in [2.24, 2.45) is 23.2 Å². The highest BCUT2D eigenvalue weighted by atomic mass is 16.8. The average Bonchev–Trinajstić information content (AvgIpc) is 3.15. The van der Waals surface area contributed by atoms with Crippen molar-refractivity contribution in [3.63, 3.8) is 0 Å². The zero-order chi connectivity index (χ0) is 16.4. The van der Waals surface area contributed by atoms with E-state index in [0.717, 1.165) is 25.7 Å². The molecule has 1 aliphatic heterocycles. The lowest BCUT2D eigenvalue weighted by Gasteiger charge is -2.35. The molecule has 1 heterocycles. The van der Waals surface area contributed by atoms with Gasteiger partial charge in [-0.2, -0.15) is 0 Å². The first-order chi connectivity index (χ1) is 11.0. The van der Waals surface area contributed by atoms with Crippen LogP contribution in [0, 0.1) is 23.2 Å². The number of carbonyl (C=O) groups is 2. The van der Waals surface area contributed by atoms with E-state index < -0.39 is 11.2 Å². The Balaban J connectivity index is 1.66. The van der Waals surface area contributed by atoms with Crippen LogP contribution >= 0.6 is 0 Å². The van der Waals surface area contributed by atoms with Crippen LogP contribution in [0.1, 0.15) is 39.0 Å². The summed E-state index contributed by atoms with van der Waals surface area (Å²) in [5, 5.41) is 0. The van der Waals surface area contributed by atoms with Crippen LogP contribution < -0.4 is 0 Å². The van der Waals surface area contributed by atoms with Crippen molar-refractivity contribution in [3.05, 3.63) is 0 Å². The number of ether oxygens (including phenoxy) is 4. The molecule has 0 aromatic carbocycles. The van der Waals surface area contributed by atoms with Gasteiger partial charge in [-0.1, -0.05) is 6.42 Å². The van der Waals surface area contributed by atoms with E-state index in [0.29, 0.717) is 0 Å². The summed E-state index contributed by atoms with van der Waals surface area (Å²) in [5.74, 6) is -1.55. The molecule has 6 nitrogen and oxygen atoms in total. The van der Waals surface area contributed by atoms with E-state index in [1.165, 1.54) is 20.6 Å². The van der Waals surface area contributed by atoms with Gasteiger partial charge >= 0.3 is 11.9 Å². The molecule has 4 fully saturated rings. The third-order valence-electron chi connectivity index (χ3n) is 6.44. The smallest absolute Gasteiger partial charge is 0.314 e. The van der Waals surface area contributed by atoms with Crippen molar-refractivity contribution in [1.82, 2.24) is 0 Å². The van der Waals surface area contributed by atoms with Gasteiger partial charge in [-0.3, -0.25) is 9.59 Å². The predicted octanol–water partition coefficient (Wildman–Crippen LogP) is 1.66. The molecular formula is C17H24O6. The molecule has 0 unspecified atom stereocenters. The zero-order valence-corrected chi connectivity index (χ0v) is 13.9. The molecule has 3 aliphatic carbocycles. The summed E-state index contributed by atoms with van der Waals surface area (Å²) in [4.78, 5) is 24.6. The highest BCUT2D eigenvalue weighted by molar-refractivity contribution is 5.85. The van der Waals surface area contributed by atoms with Crippen LogP contribution in [0.3, 0.4) is 0 Å². The SMILES string of the molecule is COC(=O)[C@H]1[C@@H]2[C@H]3OC4(CCCCC4)O[C@H]3[C@@](C)(C(=O)OC)[C@H]12. The maximum Gasteiger partial charge on any atom is 0.314 e. The predicted molar refractivity (Wildman–Crippen MR) is 78.2 cm³/mol. The first-order valence-electron chi connectivity index (χ1n) is 8.50. The maximum absolute atomic E-state index is 12.5. The molecule has 3 saturated carbocycles. The van der Waals surface area contributed by atoms with Crippen LogP contribution in [-0.4, -0.2) is 44.2 Å². The van der Waals surface area contributed by atoms with Gasteiger partial charge in [0.1, 0.15) is 6.10 Å². The molecular weight excluding hydrogens is 300 g/mol. The van der Waals surface area contributed by atoms with Gasteiger partial charge in [0.25, 0.3) is 0 Å². The fourth-order valence-electron chi connectivity index (χ4n) is 5.32. The lowest BCUT2D eigenvalue weighted by atomic mass is 9.79. The molecule has 1 saturated heterocycles. The highest BCUT2D eigenvalue weighted by Gasteiger charge is 2.81. The molecule has 0 aromatic heterocycles. The monoisotopic (exact) mass is 324 g/mol. The number of fused-ring (bicyclic) bond motifs is 3. The summed E-state index contributed by atoms with van der Waals surface area (Å²) in [5.41, 5.74) is -0.843. The highest BCUT2D eigenvalue weighted by Crippen LogP contribution is 2.71. The van der Waals surface area contributed by atoms with Crippen molar-refractivity contribution in [2.75, 3.05) is 14.2 Å². The van der Waals surface area contributed by atoms with Gasteiger partial charge in [0.2, 0.25) is 0 Å². The van der Waals surface area contributed by atoms with Crippen LogP contribution in [0.2, 0.25) is 0 Å². The Kier molecular flexibility index (Phi) is 3.30. The lowest BCUT2D eigenvalue weighted by molar-refractivity contribution is -0.211. The summed E-state index contributed by atoms with van der Waals surface area (Å²) in [6.45, 7) is 1.86. The summed E-state index contributed by atoms with van der Waals surface area (Å²) < 4.78 is 22.7. The first kappa shape index (κ1) is 15.4. The Morgan fingerprint density at radius 1 is 1.04 bits per heavy atom. The third kappa shape index (κ3) is 1.88. The number of methoxy groups -OCH3 is 2. The van der Waals surface area contributed by atoms with Crippen LogP contribution in [0.25, 0.3) is 0 Å². The molecule has 6 atom stereocenters. The van der Waals surface area contributed by atoms with E-state index in [-0.39, 0.29) is 41.9 Å². The molecule has 0 aromatic rings. The van der Waals surface area contributed by atoms with E-state index in [2.05, 4.69) is 0 Å². The number of rotatable bonds is 2. The Labute approximate surface area is 135 Å². The van der Waals surface area contributed by atoms with Crippen molar-refractivity contribution in [2.45, 2.75) is 57.0 Å². The molecule has 0 amide bonds. The number of esters is 2. The topological polar surface area (TPSA) is 71.1 Å². The largest absolute Gasteiger partial charge is 0.469 e. The quantitative estimate of drug-likeness (QED) is 0.720. The van der Waals surface area contributed by atoms with E-state index in [4.69, 9.17) is 18.9 Å². The molecule has 6 heteroatoms. The van der Waals surface area contributed by atoms with Crippen LogP contribution in [0.4, 0.5) is 0 Å². The summed E-state index contributed by atoms with van der Waals surface area (Å²) >= 11 is 0. The van der Waals surface area contributed by atoms with E-state index >= 15 is 0 Å². The number of carbonyl (C=O) groups excluding carboxylic acids is 2. The first-order valence-corrected chi connectivity index (χ1v) is 8.50. The standard InChI is InChI=1S/C17H24O6/c1-16(15(19)21-3)11-9(10(11)14(18)20-2)12-13(16)23-17(22-12)7-5-4-6-8-17/h9-13H,4-8H2,1-3H3/t9-,10-,11-,12+,13+,16-/m0/s1. The van der Waals surface area contributed by atoms with Gasteiger partial charge in [0, 0.05) is 18.8 Å². The fraction of sp³-hybridized carbons (Fsp3) is 0.882. The van der Waals surface area contributed by atoms with E-state index in [1.807, 2.05) is 6.92 Å². The van der Waals surface area contributed by atoms with Crippen molar-refractivity contribution >= 4 is 11.9 Å². The number of hydrogen-bond acceptors (Lipinski definition) is 6. The molecule has 0 radical (unpaired) electrons. The van der Waals surface area contributed by atoms with Gasteiger partial charge in [0.05, 0.1) is 31.7 Å². The van der Waals surface area contributed by atoms with Crippen molar-refractivity contribution in [1.29, 1.82) is 0 Å². The maximum atomic E-state index is 12.5. The van der Waals surface area contributed by atoms with Crippen LogP contribution in [-0.2, 0) is 28.5 Å². The van der Waals surface area contributed by atoms with Gasteiger partial charge in [-0.15, -0.1) is 0 Å². The van der Waals surface area contributed by atoms with Gasteiger partial charge in [-0.25, -0.2) is 0 Å². The molecule has 1 spiro atoms. The molecule has 23 heavy (non-hydrogen) atoms. The van der Waals surface area contributed by atoms with Gasteiger partial charge < -0.3 is 18.9 Å². The molecule has 4 aliphatic rings. The zero-order valence-electron chi connectivity index (χ0n) is 13.9. The van der Waals surface area contributed by atoms with Crippen molar-refractivity contribution in [3.8, 4) is 0 Å². The minimum atomic E-state index is -0.843. The third-order valence-corrected chi connectivity index (χ3v) is 6.44. The molecule has 0 bridgehead atoms. The summed E-state index contributed by atoms with van der Waals surface area (Å²) in [6, 6.07) is 0. The second kappa shape index (κ2) is 4.93. The van der Waals surface area contributed by atoms with Gasteiger partial charge in [-0.05, 0) is 25.7 Å². The summed E-state index contributed by atoms with van der Waals surface area (Å²) in [7, 11) is 2.77. The second-order valence-corrected chi connectivity index (χ2v) is 7.52. The molecule has 0 N–H and O–H groups in total. The minimum Gasteiger partial charge on any atom is -0.469 e. The normalized spacial score (nSPS) is 46.1. The van der Waals surface area contributed by atoms with Crippen LogP contribution in [0.5, 0.6) is 0 Å². The van der Waals surface area contributed by atoms with E-state index in [9.17, 15) is 9.59 Å². The Morgan fingerprint density at radius 2 is 1.74 bits per heavy atom. The lowest BCUT2D eigenvalue weighted by Crippen LogP contribution is -2.46. The second-order valence-electron chi connectivity index (χ2n) is 7.52. The fourth-order valence-corrected chi connectivity index (χ4v) is 5.32. The minimum absolute atomic E-state index is 0.00199. The molecule has 4 rings (SSSR count). The number of hydrogen-bond donors (Lipinski definition) is 0. The van der Waals surface area contributed by atoms with E-state index in [1.54, 1.807) is 0 Å². The Bertz CT molecular complexity index is 539. The summed E-state index contributed by atoms with van der Waals surface area (Å²) in [6.07, 6.45) is 4.51. The van der Waals surface area contributed by atoms with Crippen molar-refractivity contribution < 1.29 is 28.5 Å². The Morgan fingerprint density at radius 3 is 2.35 bits per heavy atom. The average molecular weight is 324 g/mol. The molecule has 128 valence electrons.